The van der Waals surface area contributed by atoms with Gasteiger partial charge in [-0.2, -0.15) is 0 Å². The third-order valence-corrected chi connectivity index (χ3v) is 7.31. The molecule has 2 atom stereocenters. The minimum absolute atomic E-state index is 0.0975. The summed E-state index contributed by atoms with van der Waals surface area (Å²) < 4.78 is 21.9. The van der Waals surface area contributed by atoms with Crippen LogP contribution in [0.5, 0.6) is 5.75 Å². The molecule has 0 aliphatic carbocycles. The number of nitrogens with one attached hydrogen (secondary N) is 1. The highest BCUT2D eigenvalue weighted by Crippen LogP contribution is 2.29. The lowest BCUT2D eigenvalue weighted by Crippen LogP contribution is -2.26. The Kier molecular flexibility index (Phi) is 8.09. The van der Waals surface area contributed by atoms with E-state index in [0.717, 1.165) is 27.7 Å². The number of benzene rings is 3. The summed E-state index contributed by atoms with van der Waals surface area (Å²) in [7, 11) is 0. The summed E-state index contributed by atoms with van der Waals surface area (Å²) in [5.41, 5.74) is 6.60. The molecule has 2 N–H and O–H groups in total. The molecule has 0 fully saturated rings. The van der Waals surface area contributed by atoms with E-state index in [1.165, 1.54) is 24.6 Å². The van der Waals surface area contributed by atoms with Crippen molar-refractivity contribution in [1.29, 1.82) is 0 Å². The van der Waals surface area contributed by atoms with Crippen LogP contribution >= 0.6 is 0 Å². The zero-order valence-electron chi connectivity index (χ0n) is 23.2. The minimum atomic E-state index is -1.16. The average Bonchev–Trinajstić information content (AvgIpc) is 3.14. The van der Waals surface area contributed by atoms with Crippen molar-refractivity contribution < 1.29 is 23.8 Å². The summed E-state index contributed by atoms with van der Waals surface area (Å²) in [6.45, 7) is 12.1. The third kappa shape index (κ3) is 5.98. The zero-order chi connectivity index (χ0) is 28.4. The van der Waals surface area contributed by atoms with E-state index in [4.69, 9.17) is 9.84 Å². The largest absolute Gasteiger partial charge is 0.479 e. The van der Waals surface area contributed by atoms with Crippen LogP contribution in [-0.4, -0.2) is 27.7 Å². The summed E-state index contributed by atoms with van der Waals surface area (Å²) in [4.78, 5) is 24.2. The number of carbonyl (C=O) groups excluding carboxylic acids is 1. The molecule has 4 aromatic rings. The van der Waals surface area contributed by atoms with Gasteiger partial charge >= 0.3 is 5.97 Å². The van der Waals surface area contributed by atoms with Crippen LogP contribution in [0.2, 0.25) is 0 Å². The fourth-order valence-corrected chi connectivity index (χ4v) is 4.71. The van der Waals surface area contributed by atoms with Crippen molar-refractivity contribution in [2.75, 3.05) is 0 Å². The monoisotopic (exact) mass is 530 g/mol. The molecule has 6 nitrogen and oxygen atoms in total. The van der Waals surface area contributed by atoms with E-state index in [0.29, 0.717) is 23.6 Å². The molecular weight excluding hydrogens is 495 g/mol. The number of aliphatic carboxylic acids is 1. The second-order valence-corrected chi connectivity index (χ2v) is 10.4. The van der Waals surface area contributed by atoms with Crippen molar-refractivity contribution in [1.82, 2.24) is 9.88 Å². The maximum Gasteiger partial charge on any atom is 0.344 e. The number of carboxylic acids is 1. The zero-order valence-corrected chi connectivity index (χ0v) is 23.2. The topological polar surface area (TPSA) is 80.6 Å². The Morgan fingerprint density at radius 1 is 0.974 bits per heavy atom. The number of carboxylic acid groups (broad SMARTS) is 1. The van der Waals surface area contributed by atoms with Gasteiger partial charge in [-0.15, -0.1) is 0 Å². The van der Waals surface area contributed by atoms with E-state index in [1.54, 1.807) is 6.07 Å². The quantitative estimate of drug-likeness (QED) is 0.246. The van der Waals surface area contributed by atoms with Gasteiger partial charge in [0.1, 0.15) is 0 Å². The number of aromatic nitrogens is 1. The van der Waals surface area contributed by atoms with Crippen molar-refractivity contribution >= 4 is 22.8 Å². The highest BCUT2D eigenvalue weighted by Gasteiger charge is 2.18. The molecule has 204 valence electrons. The molecule has 0 aliphatic heterocycles. The molecule has 0 radical (unpaired) electrons. The highest BCUT2D eigenvalue weighted by atomic mass is 19.1. The maximum absolute atomic E-state index is 14.7. The molecule has 4 rings (SSSR count). The van der Waals surface area contributed by atoms with Gasteiger partial charge in [0.15, 0.2) is 17.7 Å². The first-order valence-corrected chi connectivity index (χ1v) is 13.1. The SMILES string of the molecule is Cc1c(C)n(Cc2ccc(OC(C)C(=O)O)c(F)c2)c2ccc(C(=O)NC(C)c3cccc(C(C)C)c3)cc12. The van der Waals surface area contributed by atoms with Crippen molar-refractivity contribution in [3.05, 3.63) is 100.0 Å². The van der Waals surface area contributed by atoms with E-state index in [-0.39, 0.29) is 17.7 Å². The van der Waals surface area contributed by atoms with Crippen LogP contribution in [0.4, 0.5) is 4.39 Å². The van der Waals surface area contributed by atoms with Crippen LogP contribution in [0.3, 0.4) is 0 Å². The molecule has 0 bridgehead atoms. The fraction of sp³-hybridized carbons (Fsp3) is 0.312. The molecule has 39 heavy (non-hydrogen) atoms. The third-order valence-electron chi connectivity index (χ3n) is 7.31. The number of fused-ring (bicyclic) bond motifs is 1. The maximum atomic E-state index is 14.7. The van der Waals surface area contributed by atoms with E-state index in [2.05, 4.69) is 35.9 Å². The number of carbonyl (C=O) groups is 2. The van der Waals surface area contributed by atoms with Crippen molar-refractivity contribution in [3.8, 4) is 5.75 Å². The molecule has 1 aromatic heterocycles. The Bertz CT molecular complexity index is 1540. The van der Waals surface area contributed by atoms with Crippen LogP contribution in [0.25, 0.3) is 10.9 Å². The number of aryl methyl sites for hydroxylation is 1. The van der Waals surface area contributed by atoms with Gasteiger partial charge in [-0.1, -0.05) is 44.2 Å². The second kappa shape index (κ2) is 11.3. The van der Waals surface area contributed by atoms with Gasteiger partial charge in [0.25, 0.3) is 5.91 Å². The molecule has 0 saturated heterocycles. The van der Waals surface area contributed by atoms with Crippen LogP contribution < -0.4 is 10.1 Å². The molecule has 7 heteroatoms. The first-order valence-electron chi connectivity index (χ1n) is 13.1. The summed E-state index contributed by atoms with van der Waals surface area (Å²) in [5, 5.41) is 13.1. The van der Waals surface area contributed by atoms with Crippen LogP contribution in [0.1, 0.15) is 78.0 Å². The number of nitrogens with zero attached hydrogens (tertiary/aromatic N) is 1. The first kappa shape index (κ1) is 27.9. The van der Waals surface area contributed by atoms with E-state index < -0.39 is 17.9 Å². The predicted octanol–water partition coefficient (Wildman–Crippen LogP) is 6.91. The lowest BCUT2D eigenvalue weighted by molar-refractivity contribution is -0.144. The van der Waals surface area contributed by atoms with Gasteiger partial charge in [-0.05, 0) is 86.2 Å². The summed E-state index contributed by atoms with van der Waals surface area (Å²) in [5.74, 6) is -1.60. The Labute approximate surface area is 228 Å². The van der Waals surface area contributed by atoms with Crippen molar-refractivity contribution in [2.45, 2.75) is 66.2 Å². The number of rotatable bonds is 9. The van der Waals surface area contributed by atoms with Gasteiger partial charge in [-0.25, -0.2) is 9.18 Å². The molecular formula is C32H35FN2O4. The average molecular weight is 531 g/mol. The van der Waals surface area contributed by atoms with Gasteiger partial charge < -0.3 is 19.7 Å². The molecule has 3 aromatic carbocycles. The van der Waals surface area contributed by atoms with Crippen molar-refractivity contribution in [2.24, 2.45) is 0 Å². The first-order chi connectivity index (χ1) is 18.5. The van der Waals surface area contributed by atoms with Crippen LogP contribution in [0.15, 0.2) is 60.7 Å². The Balaban J connectivity index is 1.55. The molecule has 1 amide bonds. The summed E-state index contributed by atoms with van der Waals surface area (Å²) in [6, 6.07) is 18.4. The fourth-order valence-electron chi connectivity index (χ4n) is 4.71. The normalized spacial score (nSPS) is 12.9. The smallest absolute Gasteiger partial charge is 0.344 e. The second-order valence-electron chi connectivity index (χ2n) is 10.4. The van der Waals surface area contributed by atoms with E-state index in [1.807, 2.05) is 51.1 Å². The van der Waals surface area contributed by atoms with Crippen LogP contribution in [-0.2, 0) is 11.3 Å². The highest BCUT2D eigenvalue weighted by molar-refractivity contribution is 5.99. The lowest BCUT2D eigenvalue weighted by atomic mass is 9.98. The number of hydrogen-bond donors (Lipinski definition) is 2. The molecule has 0 saturated carbocycles. The molecule has 1 heterocycles. The molecule has 0 aliphatic rings. The minimum Gasteiger partial charge on any atom is -0.479 e. The summed E-state index contributed by atoms with van der Waals surface area (Å²) in [6.07, 6.45) is -1.15. The number of ether oxygens (including phenoxy) is 1. The standard InChI is InChI=1S/C32H35FN2O4/c1-18(2)24-8-7-9-25(15-24)20(4)34-31(36)26-11-12-29-27(16-26)19(3)21(5)35(29)17-23-10-13-30(28(33)14-23)39-22(6)32(37)38/h7-16,18,20,22H,17H2,1-6H3,(H,34,36)(H,37,38). The predicted molar refractivity (Wildman–Crippen MR) is 151 cm³/mol. The van der Waals surface area contributed by atoms with E-state index >= 15 is 0 Å². The lowest BCUT2D eigenvalue weighted by Gasteiger charge is -2.16. The summed E-state index contributed by atoms with van der Waals surface area (Å²) >= 11 is 0. The number of amides is 1. The van der Waals surface area contributed by atoms with Gasteiger partial charge in [0, 0.05) is 28.7 Å². The Morgan fingerprint density at radius 2 is 1.69 bits per heavy atom. The van der Waals surface area contributed by atoms with E-state index in [9.17, 15) is 14.0 Å². The van der Waals surface area contributed by atoms with Crippen LogP contribution in [0, 0.1) is 19.7 Å². The Hall–Kier alpha value is -4.13. The molecule has 0 spiro atoms. The van der Waals surface area contributed by atoms with Gasteiger partial charge in [0.05, 0.1) is 6.04 Å². The van der Waals surface area contributed by atoms with Crippen molar-refractivity contribution in [3.63, 3.8) is 0 Å². The van der Waals surface area contributed by atoms with Gasteiger partial charge in [-0.3, -0.25) is 4.79 Å². The Morgan fingerprint density at radius 3 is 2.36 bits per heavy atom. The number of hydrogen-bond acceptors (Lipinski definition) is 3. The number of halogens is 1. The molecule has 2 unspecified atom stereocenters. The van der Waals surface area contributed by atoms with Gasteiger partial charge in [0.2, 0.25) is 0 Å².